The lowest BCUT2D eigenvalue weighted by Gasteiger charge is -2.34. The molecule has 3 nitrogen and oxygen atoms in total. The van der Waals surface area contributed by atoms with Crippen molar-refractivity contribution in [1.29, 1.82) is 0 Å². The fourth-order valence-electron chi connectivity index (χ4n) is 2.14. The highest BCUT2D eigenvalue weighted by Crippen LogP contribution is 2.32. The van der Waals surface area contributed by atoms with Gasteiger partial charge in [-0.3, -0.25) is 0 Å². The summed E-state index contributed by atoms with van der Waals surface area (Å²) in [5.41, 5.74) is 4.91. The standard InChI is InChI=1S/C12H14F3N3S/c1-6-4-7(5-6)17-11-8(10(16)19)2-3-9(18-11)12(13,14)15/h2-3,6-7H,4-5H2,1H3,(H2,16,19)(H,17,18). The van der Waals surface area contributed by atoms with Crippen LogP contribution in [0.4, 0.5) is 19.0 Å². The molecule has 0 bridgehead atoms. The molecule has 0 spiro atoms. The number of pyridine rings is 1. The highest BCUT2D eigenvalue weighted by atomic mass is 32.1. The van der Waals surface area contributed by atoms with E-state index in [1.54, 1.807) is 0 Å². The average Bonchev–Trinajstić information content (AvgIpc) is 2.25. The largest absolute Gasteiger partial charge is 0.433 e. The average molecular weight is 289 g/mol. The Kier molecular flexibility index (Phi) is 3.66. The van der Waals surface area contributed by atoms with E-state index in [2.05, 4.69) is 17.2 Å². The summed E-state index contributed by atoms with van der Waals surface area (Å²) >= 11 is 4.83. The Labute approximate surface area is 114 Å². The van der Waals surface area contributed by atoms with Gasteiger partial charge in [-0.1, -0.05) is 19.1 Å². The summed E-state index contributed by atoms with van der Waals surface area (Å²) in [5, 5.41) is 2.99. The Morgan fingerprint density at radius 1 is 1.42 bits per heavy atom. The number of nitrogens with zero attached hydrogens (tertiary/aromatic N) is 1. The molecule has 7 heteroatoms. The molecule has 19 heavy (non-hydrogen) atoms. The van der Waals surface area contributed by atoms with Crippen LogP contribution in [0.1, 0.15) is 31.0 Å². The van der Waals surface area contributed by atoms with E-state index in [4.69, 9.17) is 18.0 Å². The number of nitrogens with one attached hydrogen (secondary N) is 1. The third kappa shape index (κ3) is 3.15. The van der Waals surface area contributed by atoms with Gasteiger partial charge in [0.1, 0.15) is 16.5 Å². The van der Waals surface area contributed by atoms with Gasteiger partial charge in [0.2, 0.25) is 0 Å². The number of hydrogen-bond donors (Lipinski definition) is 2. The number of alkyl halides is 3. The first-order valence-corrected chi connectivity index (χ1v) is 6.32. The molecule has 0 aromatic carbocycles. The molecule has 0 radical (unpaired) electrons. The van der Waals surface area contributed by atoms with E-state index >= 15 is 0 Å². The van der Waals surface area contributed by atoms with Gasteiger partial charge in [0.25, 0.3) is 0 Å². The molecule has 0 amide bonds. The van der Waals surface area contributed by atoms with E-state index in [0.717, 1.165) is 18.9 Å². The first-order chi connectivity index (χ1) is 8.77. The maximum Gasteiger partial charge on any atom is 0.433 e. The third-order valence-corrected chi connectivity index (χ3v) is 3.39. The minimum atomic E-state index is -4.47. The van der Waals surface area contributed by atoms with Gasteiger partial charge < -0.3 is 11.1 Å². The van der Waals surface area contributed by atoms with Crippen molar-refractivity contribution < 1.29 is 13.2 Å². The highest BCUT2D eigenvalue weighted by Gasteiger charge is 2.34. The van der Waals surface area contributed by atoms with Gasteiger partial charge in [0, 0.05) is 6.04 Å². The number of nitrogens with two attached hydrogens (primary N) is 1. The van der Waals surface area contributed by atoms with Crippen LogP contribution in [-0.2, 0) is 6.18 Å². The zero-order chi connectivity index (χ0) is 14.2. The maximum absolute atomic E-state index is 12.6. The molecular formula is C12H14F3N3S. The number of thiocarbonyl (C=S) groups is 1. The van der Waals surface area contributed by atoms with Gasteiger partial charge in [-0.05, 0) is 30.9 Å². The van der Waals surface area contributed by atoms with E-state index in [-0.39, 0.29) is 16.8 Å². The predicted octanol–water partition coefficient (Wildman–Crippen LogP) is 2.95. The Balaban J connectivity index is 2.28. The molecule has 3 N–H and O–H groups in total. The normalized spacial score (nSPS) is 22.7. The fourth-order valence-corrected chi connectivity index (χ4v) is 2.30. The van der Waals surface area contributed by atoms with Crippen LogP contribution in [0.15, 0.2) is 12.1 Å². The van der Waals surface area contributed by atoms with Crippen LogP contribution in [0.25, 0.3) is 0 Å². The Bertz CT molecular complexity index is 495. The van der Waals surface area contributed by atoms with Crippen LogP contribution < -0.4 is 11.1 Å². The van der Waals surface area contributed by atoms with Crippen molar-refractivity contribution in [3.8, 4) is 0 Å². The molecule has 1 aromatic heterocycles. The summed E-state index contributed by atoms with van der Waals surface area (Å²) in [5.74, 6) is 0.704. The first-order valence-electron chi connectivity index (χ1n) is 5.92. The monoisotopic (exact) mass is 289 g/mol. The van der Waals surface area contributed by atoms with Crippen molar-refractivity contribution in [1.82, 2.24) is 4.98 Å². The van der Waals surface area contributed by atoms with Crippen LogP contribution in [0, 0.1) is 5.92 Å². The summed E-state index contributed by atoms with van der Waals surface area (Å²) in [6.07, 6.45) is -2.65. The summed E-state index contributed by atoms with van der Waals surface area (Å²) < 4.78 is 37.9. The van der Waals surface area contributed by atoms with Crippen molar-refractivity contribution in [2.45, 2.75) is 32.0 Å². The highest BCUT2D eigenvalue weighted by molar-refractivity contribution is 7.80. The second-order valence-electron chi connectivity index (χ2n) is 4.87. The van der Waals surface area contributed by atoms with Crippen LogP contribution in [0.2, 0.25) is 0 Å². The summed E-state index contributed by atoms with van der Waals surface area (Å²) in [6.45, 7) is 2.09. The smallest absolute Gasteiger partial charge is 0.389 e. The number of aromatic nitrogens is 1. The lowest BCUT2D eigenvalue weighted by molar-refractivity contribution is -0.141. The van der Waals surface area contributed by atoms with E-state index in [1.807, 2.05) is 0 Å². The molecule has 0 saturated heterocycles. The van der Waals surface area contributed by atoms with Crippen LogP contribution in [0.3, 0.4) is 0 Å². The molecule has 1 aromatic rings. The van der Waals surface area contributed by atoms with E-state index in [9.17, 15) is 13.2 Å². The molecule has 1 saturated carbocycles. The lowest BCUT2D eigenvalue weighted by Crippen LogP contribution is -2.35. The molecule has 104 valence electrons. The minimum Gasteiger partial charge on any atom is -0.389 e. The topological polar surface area (TPSA) is 50.9 Å². The third-order valence-electron chi connectivity index (χ3n) is 3.17. The zero-order valence-corrected chi connectivity index (χ0v) is 11.1. The van der Waals surface area contributed by atoms with Gasteiger partial charge in [0.05, 0.1) is 5.56 Å². The second kappa shape index (κ2) is 4.96. The molecule has 1 aliphatic carbocycles. The van der Waals surface area contributed by atoms with Crippen LogP contribution >= 0.6 is 12.2 Å². The number of hydrogen-bond acceptors (Lipinski definition) is 3. The van der Waals surface area contributed by atoms with Crippen molar-refractivity contribution in [3.05, 3.63) is 23.4 Å². The van der Waals surface area contributed by atoms with E-state index < -0.39 is 11.9 Å². The van der Waals surface area contributed by atoms with Gasteiger partial charge >= 0.3 is 6.18 Å². The first kappa shape index (κ1) is 14.0. The van der Waals surface area contributed by atoms with Gasteiger partial charge in [-0.15, -0.1) is 0 Å². The van der Waals surface area contributed by atoms with Gasteiger partial charge in [0.15, 0.2) is 0 Å². The number of halogens is 3. The Hall–Kier alpha value is -1.37. The van der Waals surface area contributed by atoms with Crippen LogP contribution in [-0.4, -0.2) is 16.0 Å². The summed E-state index contributed by atoms with van der Waals surface area (Å²) in [6, 6.07) is 2.30. The van der Waals surface area contributed by atoms with Crippen LogP contribution in [0.5, 0.6) is 0 Å². The van der Waals surface area contributed by atoms with E-state index in [0.29, 0.717) is 11.5 Å². The van der Waals surface area contributed by atoms with Gasteiger partial charge in [-0.25, -0.2) is 4.98 Å². The summed E-state index contributed by atoms with van der Waals surface area (Å²) in [4.78, 5) is 3.65. The molecular weight excluding hydrogens is 275 g/mol. The van der Waals surface area contributed by atoms with Crippen molar-refractivity contribution in [2.24, 2.45) is 11.7 Å². The number of rotatable bonds is 3. The molecule has 1 aliphatic rings. The maximum atomic E-state index is 12.6. The zero-order valence-electron chi connectivity index (χ0n) is 10.3. The lowest BCUT2D eigenvalue weighted by atomic mass is 9.82. The molecule has 1 fully saturated rings. The van der Waals surface area contributed by atoms with E-state index in [1.165, 1.54) is 6.07 Å². The SMILES string of the molecule is CC1CC(Nc2nc(C(F)(F)F)ccc2C(N)=S)C1. The Morgan fingerprint density at radius 3 is 2.53 bits per heavy atom. The van der Waals surface area contributed by atoms with Gasteiger partial charge in [-0.2, -0.15) is 13.2 Å². The van der Waals surface area contributed by atoms with Crippen molar-refractivity contribution >= 4 is 23.0 Å². The molecule has 0 unspecified atom stereocenters. The van der Waals surface area contributed by atoms with Crippen molar-refractivity contribution in [2.75, 3.05) is 5.32 Å². The molecule has 2 rings (SSSR count). The second-order valence-corrected chi connectivity index (χ2v) is 5.31. The molecule has 0 atom stereocenters. The fraction of sp³-hybridized carbons (Fsp3) is 0.500. The summed E-state index contributed by atoms with van der Waals surface area (Å²) in [7, 11) is 0. The molecule has 1 heterocycles. The Morgan fingerprint density at radius 2 is 2.05 bits per heavy atom. The quantitative estimate of drug-likeness (QED) is 0.840. The minimum absolute atomic E-state index is 0.0381. The predicted molar refractivity (Wildman–Crippen MR) is 70.9 cm³/mol. The van der Waals surface area contributed by atoms with Crippen molar-refractivity contribution in [3.63, 3.8) is 0 Å². The number of anilines is 1. The molecule has 0 aliphatic heterocycles.